The largest absolute Gasteiger partial charge is 0.338 e. The average Bonchev–Trinajstić information content (AvgIpc) is 3.14. The molecule has 3 aromatic rings. The van der Waals surface area contributed by atoms with E-state index in [1.54, 1.807) is 57.5 Å². The predicted molar refractivity (Wildman–Crippen MR) is 133 cm³/mol. The van der Waals surface area contributed by atoms with Crippen molar-refractivity contribution in [2.24, 2.45) is 0 Å². The Morgan fingerprint density at radius 2 is 1.68 bits per heavy atom. The van der Waals surface area contributed by atoms with Crippen molar-refractivity contribution in [3.05, 3.63) is 84.2 Å². The second-order valence-corrected chi connectivity index (χ2v) is 10.5. The van der Waals surface area contributed by atoms with Crippen molar-refractivity contribution in [3.8, 4) is 5.69 Å². The number of amides is 1. The van der Waals surface area contributed by atoms with E-state index in [1.807, 2.05) is 36.5 Å². The van der Waals surface area contributed by atoms with E-state index in [0.717, 1.165) is 42.5 Å². The molecule has 2 heterocycles. The number of rotatable bonds is 7. The van der Waals surface area contributed by atoms with E-state index in [9.17, 15) is 13.2 Å². The molecule has 34 heavy (non-hydrogen) atoms. The highest BCUT2D eigenvalue weighted by Gasteiger charge is 2.24. The zero-order valence-corrected chi connectivity index (χ0v) is 20.2. The van der Waals surface area contributed by atoms with Gasteiger partial charge in [-0.3, -0.25) is 4.79 Å². The third-order valence-electron chi connectivity index (χ3n) is 5.95. The first-order valence-electron chi connectivity index (χ1n) is 11.6. The van der Waals surface area contributed by atoms with Crippen molar-refractivity contribution in [2.75, 3.05) is 20.1 Å². The first-order valence-corrected chi connectivity index (χ1v) is 13.0. The number of hydrogen-bond acceptors (Lipinski definition) is 4. The SMILES string of the molecule is CN(Cc1cnn(-c2ccccc2)c1)C(=O)/C=C/c1ccc(S(=O)(=O)N2CCCCCC2)cc1. The standard InChI is InChI=1S/C26H30N4O3S/c1-28(20-23-19-27-30(21-23)24-9-5-4-6-10-24)26(31)16-13-22-11-14-25(15-12-22)34(32,33)29-17-7-2-3-8-18-29/h4-6,9-16,19,21H,2-3,7-8,17-18,20H2,1H3/b16-13+. The van der Waals surface area contributed by atoms with E-state index < -0.39 is 10.0 Å². The van der Waals surface area contributed by atoms with Gasteiger partial charge in [0.2, 0.25) is 15.9 Å². The van der Waals surface area contributed by atoms with Crippen LogP contribution < -0.4 is 0 Å². The number of carbonyl (C=O) groups is 1. The summed E-state index contributed by atoms with van der Waals surface area (Å²) < 4.78 is 29.2. The van der Waals surface area contributed by atoms with Crippen LogP contribution in [0, 0.1) is 0 Å². The van der Waals surface area contributed by atoms with Crippen LogP contribution >= 0.6 is 0 Å². The van der Waals surface area contributed by atoms with Crippen LogP contribution in [0.15, 0.2) is 78.0 Å². The molecule has 1 aliphatic rings. The van der Waals surface area contributed by atoms with Crippen molar-refractivity contribution >= 4 is 22.0 Å². The summed E-state index contributed by atoms with van der Waals surface area (Å²) in [5.74, 6) is -0.145. The minimum absolute atomic E-state index is 0.145. The summed E-state index contributed by atoms with van der Waals surface area (Å²) >= 11 is 0. The zero-order chi connectivity index (χ0) is 24.0. The Kier molecular flexibility index (Phi) is 7.59. The summed E-state index contributed by atoms with van der Waals surface area (Å²) in [5, 5.41) is 4.37. The van der Waals surface area contributed by atoms with E-state index in [-0.39, 0.29) is 5.91 Å². The Labute approximate surface area is 201 Å². The van der Waals surface area contributed by atoms with Crippen LogP contribution in [0.4, 0.5) is 0 Å². The van der Waals surface area contributed by atoms with Crippen LogP contribution in [-0.2, 0) is 21.4 Å². The molecule has 178 valence electrons. The number of hydrogen-bond donors (Lipinski definition) is 0. The van der Waals surface area contributed by atoms with Gasteiger partial charge in [-0.15, -0.1) is 0 Å². The van der Waals surface area contributed by atoms with Crippen molar-refractivity contribution < 1.29 is 13.2 Å². The fourth-order valence-electron chi connectivity index (χ4n) is 3.99. The highest BCUT2D eigenvalue weighted by molar-refractivity contribution is 7.89. The highest BCUT2D eigenvalue weighted by atomic mass is 32.2. The molecule has 1 aliphatic heterocycles. The van der Waals surface area contributed by atoms with E-state index in [1.165, 1.54) is 6.08 Å². The van der Waals surface area contributed by atoms with Gasteiger partial charge in [0.1, 0.15) is 0 Å². The fraction of sp³-hybridized carbons (Fsp3) is 0.308. The smallest absolute Gasteiger partial charge is 0.246 e. The van der Waals surface area contributed by atoms with Crippen molar-refractivity contribution in [3.63, 3.8) is 0 Å². The van der Waals surface area contributed by atoms with Crippen molar-refractivity contribution in [2.45, 2.75) is 37.1 Å². The maximum absolute atomic E-state index is 12.9. The van der Waals surface area contributed by atoms with Gasteiger partial charge >= 0.3 is 0 Å². The molecule has 0 spiro atoms. The van der Waals surface area contributed by atoms with E-state index in [2.05, 4.69) is 5.10 Å². The van der Waals surface area contributed by atoms with Gasteiger partial charge in [-0.2, -0.15) is 9.40 Å². The summed E-state index contributed by atoms with van der Waals surface area (Å²) in [6.07, 6.45) is 10.8. The Hall–Kier alpha value is -3.23. The molecule has 0 bridgehead atoms. The summed E-state index contributed by atoms with van der Waals surface area (Å²) in [7, 11) is -1.73. The number of sulfonamides is 1. The van der Waals surface area contributed by atoms with Gasteiger partial charge in [-0.1, -0.05) is 43.2 Å². The Morgan fingerprint density at radius 3 is 2.35 bits per heavy atom. The molecule has 1 aromatic heterocycles. The monoisotopic (exact) mass is 478 g/mol. The van der Waals surface area contributed by atoms with Crippen molar-refractivity contribution in [1.29, 1.82) is 0 Å². The molecular formula is C26H30N4O3S. The van der Waals surface area contributed by atoms with Crippen LogP contribution in [0.1, 0.15) is 36.8 Å². The molecule has 1 saturated heterocycles. The van der Waals surface area contributed by atoms with Gasteiger partial charge in [-0.25, -0.2) is 13.1 Å². The molecular weight excluding hydrogens is 448 g/mol. The molecule has 2 aromatic carbocycles. The number of benzene rings is 2. The maximum atomic E-state index is 12.9. The van der Waals surface area contributed by atoms with Crippen molar-refractivity contribution in [1.82, 2.24) is 19.0 Å². The minimum atomic E-state index is -3.47. The third kappa shape index (κ3) is 5.81. The van der Waals surface area contributed by atoms with Crippen LogP contribution in [0.3, 0.4) is 0 Å². The molecule has 0 radical (unpaired) electrons. The number of aromatic nitrogens is 2. The van der Waals surface area contributed by atoms with Crippen LogP contribution in [0.2, 0.25) is 0 Å². The second kappa shape index (κ2) is 10.8. The lowest BCUT2D eigenvalue weighted by atomic mass is 10.2. The Morgan fingerprint density at radius 1 is 1.00 bits per heavy atom. The topological polar surface area (TPSA) is 75.5 Å². The van der Waals surface area contributed by atoms with Gasteiger partial charge in [-0.05, 0) is 48.7 Å². The number of nitrogens with zero attached hydrogens (tertiary/aromatic N) is 4. The quantitative estimate of drug-likeness (QED) is 0.479. The highest BCUT2D eigenvalue weighted by Crippen LogP contribution is 2.21. The molecule has 4 rings (SSSR count). The fourth-order valence-corrected chi connectivity index (χ4v) is 5.51. The third-order valence-corrected chi connectivity index (χ3v) is 7.87. The molecule has 0 N–H and O–H groups in total. The number of para-hydroxylation sites is 1. The lowest BCUT2D eigenvalue weighted by Crippen LogP contribution is -2.31. The normalized spacial score (nSPS) is 15.3. The summed E-state index contributed by atoms with van der Waals surface area (Å²) in [6, 6.07) is 16.5. The molecule has 0 saturated carbocycles. The Balaban J connectivity index is 1.36. The second-order valence-electron chi connectivity index (χ2n) is 8.54. The van der Waals surface area contributed by atoms with Crippen LogP contribution in [0.5, 0.6) is 0 Å². The lowest BCUT2D eigenvalue weighted by molar-refractivity contribution is -0.125. The number of likely N-dealkylation sites (N-methyl/N-ethyl adjacent to an activating group) is 1. The molecule has 7 nitrogen and oxygen atoms in total. The molecule has 1 amide bonds. The summed E-state index contributed by atoms with van der Waals surface area (Å²) in [6.45, 7) is 1.59. The van der Waals surface area contributed by atoms with Gasteiger partial charge in [0.05, 0.1) is 16.8 Å². The molecule has 0 aliphatic carbocycles. The van der Waals surface area contributed by atoms with E-state index in [0.29, 0.717) is 24.5 Å². The van der Waals surface area contributed by atoms with Gasteiger partial charge in [0.25, 0.3) is 0 Å². The zero-order valence-electron chi connectivity index (χ0n) is 19.4. The average molecular weight is 479 g/mol. The molecule has 0 atom stereocenters. The minimum Gasteiger partial charge on any atom is -0.338 e. The van der Waals surface area contributed by atoms with E-state index in [4.69, 9.17) is 0 Å². The first-order chi connectivity index (χ1) is 16.4. The summed E-state index contributed by atoms with van der Waals surface area (Å²) in [4.78, 5) is 14.5. The van der Waals surface area contributed by atoms with Gasteiger partial charge in [0, 0.05) is 44.5 Å². The van der Waals surface area contributed by atoms with Crippen LogP contribution in [-0.4, -0.2) is 53.4 Å². The molecule has 8 heteroatoms. The van der Waals surface area contributed by atoms with E-state index >= 15 is 0 Å². The van der Waals surface area contributed by atoms with Gasteiger partial charge < -0.3 is 4.90 Å². The predicted octanol–water partition coefficient (Wildman–Crippen LogP) is 4.11. The van der Waals surface area contributed by atoms with Gasteiger partial charge in [0.15, 0.2) is 0 Å². The summed E-state index contributed by atoms with van der Waals surface area (Å²) in [5.41, 5.74) is 2.66. The molecule has 1 fully saturated rings. The van der Waals surface area contributed by atoms with Crippen LogP contribution in [0.25, 0.3) is 11.8 Å². The Bertz CT molecular complexity index is 1230. The molecule has 0 unspecified atom stereocenters. The number of carbonyl (C=O) groups excluding carboxylic acids is 1. The first kappa shape index (κ1) is 23.9. The maximum Gasteiger partial charge on any atom is 0.246 e. The lowest BCUT2D eigenvalue weighted by Gasteiger charge is -2.19.